The minimum absolute atomic E-state index is 0. The van der Waals surface area contributed by atoms with Crippen molar-refractivity contribution in [2.24, 2.45) is 18.0 Å². The number of guanidine groups is 1. The summed E-state index contributed by atoms with van der Waals surface area (Å²) in [5.41, 5.74) is 2.34. The summed E-state index contributed by atoms with van der Waals surface area (Å²) in [7, 11) is 1.90. The fraction of sp³-hybridized carbons (Fsp3) is 0.476. The third-order valence-electron chi connectivity index (χ3n) is 4.89. The topological polar surface area (TPSA) is 74.5 Å². The molecule has 2 heterocycles. The molecule has 2 aromatic rings. The van der Waals surface area contributed by atoms with Gasteiger partial charge in [-0.05, 0) is 18.9 Å². The van der Waals surface area contributed by atoms with Gasteiger partial charge in [-0.3, -0.25) is 9.48 Å². The van der Waals surface area contributed by atoms with Gasteiger partial charge < -0.3 is 15.5 Å². The lowest BCUT2D eigenvalue weighted by atomic mass is 10.1. The van der Waals surface area contributed by atoms with Gasteiger partial charge in [-0.1, -0.05) is 30.3 Å². The Morgan fingerprint density at radius 1 is 1.24 bits per heavy atom. The molecule has 1 aliphatic heterocycles. The van der Waals surface area contributed by atoms with E-state index in [0.29, 0.717) is 18.9 Å². The Morgan fingerprint density at radius 2 is 2.03 bits per heavy atom. The summed E-state index contributed by atoms with van der Waals surface area (Å²) in [6.45, 7) is 5.76. The average molecular weight is 510 g/mol. The van der Waals surface area contributed by atoms with Crippen LogP contribution in [0, 0.1) is 5.92 Å². The number of nitrogens with one attached hydrogen (secondary N) is 2. The third-order valence-corrected chi connectivity index (χ3v) is 4.89. The number of aromatic nitrogens is 2. The highest BCUT2D eigenvalue weighted by atomic mass is 127. The van der Waals surface area contributed by atoms with Crippen LogP contribution < -0.4 is 10.6 Å². The first-order chi connectivity index (χ1) is 13.6. The molecule has 158 valence electrons. The minimum atomic E-state index is 0. The molecule has 0 saturated carbocycles. The lowest BCUT2D eigenvalue weighted by molar-refractivity contribution is -0.127. The van der Waals surface area contributed by atoms with Crippen molar-refractivity contribution in [1.82, 2.24) is 25.3 Å². The van der Waals surface area contributed by atoms with Gasteiger partial charge in [0.15, 0.2) is 5.96 Å². The Hall–Kier alpha value is -2.10. The van der Waals surface area contributed by atoms with Gasteiger partial charge in [0.2, 0.25) is 5.91 Å². The van der Waals surface area contributed by atoms with Crippen LogP contribution >= 0.6 is 24.0 Å². The van der Waals surface area contributed by atoms with Gasteiger partial charge in [0.25, 0.3) is 0 Å². The molecule has 1 aromatic carbocycles. The number of halogens is 1. The van der Waals surface area contributed by atoms with Gasteiger partial charge in [0, 0.05) is 57.3 Å². The van der Waals surface area contributed by atoms with Crippen molar-refractivity contribution >= 4 is 35.8 Å². The predicted octanol–water partition coefficient (Wildman–Crippen LogP) is 2.18. The van der Waals surface area contributed by atoms with Crippen LogP contribution in [0.3, 0.4) is 0 Å². The number of likely N-dealkylation sites (tertiary alicyclic amines) is 1. The Labute approximate surface area is 190 Å². The Bertz CT molecular complexity index is 791. The highest BCUT2D eigenvalue weighted by Gasteiger charge is 2.29. The molecule has 0 aliphatic carbocycles. The second-order valence-electron chi connectivity index (χ2n) is 7.24. The highest BCUT2D eigenvalue weighted by Crippen LogP contribution is 2.17. The second kappa shape index (κ2) is 11.8. The molecule has 1 amide bonds. The highest BCUT2D eigenvalue weighted by molar-refractivity contribution is 14.0. The molecule has 29 heavy (non-hydrogen) atoms. The van der Waals surface area contributed by atoms with Gasteiger partial charge in [-0.2, -0.15) is 5.10 Å². The largest absolute Gasteiger partial charge is 0.357 e. The number of carbonyl (C=O) groups is 1. The summed E-state index contributed by atoms with van der Waals surface area (Å²) >= 11 is 0. The summed E-state index contributed by atoms with van der Waals surface area (Å²) in [6, 6.07) is 10.3. The maximum Gasteiger partial charge on any atom is 0.223 e. The molecule has 3 rings (SSSR count). The van der Waals surface area contributed by atoms with Gasteiger partial charge in [0.05, 0.1) is 12.7 Å². The zero-order valence-electron chi connectivity index (χ0n) is 17.2. The maximum atomic E-state index is 12.3. The van der Waals surface area contributed by atoms with Crippen LogP contribution in [-0.2, 0) is 24.8 Å². The third kappa shape index (κ3) is 7.34. The average Bonchev–Trinajstić information content (AvgIpc) is 3.28. The first kappa shape index (κ1) is 23.2. The van der Waals surface area contributed by atoms with Crippen LogP contribution in [0.15, 0.2) is 47.7 Å². The van der Waals surface area contributed by atoms with Gasteiger partial charge in [-0.25, -0.2) is 4.99 Å². The lowest BCUT2D eigenvalue weighted by Crippen LogP contribution is -2.40. The van der Waals surface area contributed by atoms with E-state index in [0.717, 1.165) is 44.1 Å². The van der Waals surface area contributed by atoms with Crippen molar-refractivity contribution in [3.63, 3.8) is 0 Å². The molecular weight excluding hydrogens is 479 g/mol. The molecule has 0 bridgehead atoms. The Balaban J connectivity index is 0.00000300. The zero-order valence-corrected chi connectivity index (χ0v) is 19.5. The fourth-order valence-electron chi connectivity index (χ4n) is 3.42. The molecule has 1 saturated heterocycles. The summed E-state index contributed by atoms with van der Waals surface area (Å²) in [6.07, 6.45) is 5.30. The number of aryl methyl sites for hydroxylation is 1. The quantitative estimate of drug-likeness (QED) is 0.325. The number of rotatable bonds is 8. The molecular formula is C21H31IN6O. The van der Waals surface area contributed by atoms with Crippen molar-refractivity contribution in [2.45, 2.75) is 26.3 Å². The number of hydrogen-bond acceptors (Lipinski definition) is 3. The van der Waals surface area contributed by atoms with E-state index in [1.165, 1.54) is 5.56 Å². The first-order valence-corrected chi connectivity index (χ1v) is 9.95. The molecule has 1 unspecified atom stereocenters. The van der Waals surface area contributed by atoms with Crippen LogP contribution in [0.1, 0.15) is 24.5 Å². The van der Waals surface area contributed by atoms with Crippen LogP contribution in [0.25, 0.3) is 0 Å². The van der Waals surface area contributed by atoms with E-state index in [-0.39, 0.29) is 29.9 Å². The number of nitrogens with zero attached hydrogens (tertiary/aromatic N) is 4. The van der Waals surface area contributed by atoms with E-state index in [2.05, 4.69) is 32.9 Å². The minimum Gasteiger partial charge on any atom is -0.357 e. The standard InChI is InChI=1S/C21H30N6O.HI/c1-3-22-21(24-13-19-14-25-26(2)15-19)23-12-18-11-20(28)27(16-18)10-9-17-7-5-4-6-8-17;/h4-8,14-15,18H,3,9-13,16H2,1-2H3,(H2,22,23,24);1H. The van der Waals surface area contributed by atoms with Crippen molar-refractivity contribution in [3.05, 3.63) is 53.9 Å². The number of benzene rings is 1. The van der Waals surface area contributed by atoms with Crippen LogP contribution in [0.4, 0.5) is 0 Å². The van der Waals surface area contributed by atoms with Crippen molar-refractivity contribution in [1.29, 1.82) is 0 Å². The Morgan fingerprint density at radius 3 is 2.72 bits per heavy atom. The number of aliphatic imine (C=N–C) groups is 1. The second-order valence-corrected chi connectivity index (χ2v) is 7.24. The monoisotopic (exact) mass is 510 g/mol. The van der Waals surface area contributed by atoms with Crippen LogP contribution in [0.2, 0.25) is 0 Å². The van der Waals surface area contributed by atoms with Crippen molar-refractivity contribution < 1.29 is 4.79 Å². The van der Waals surface area contributed by atoms with E-state index in [9.17, 15) is 4.79 Å². The molecule has 2 N–H and O–H groups in total. The van der Waals surface area contributed by atoms with Crippen LogP contribution in [-0.4, -0.2) is 52.7 Å². The molecule has 7 nitrogen and oxygen atoms in total. The lowest BCUT2D eigenvalue weighted by Gasteiger charge is -2.18. The summed E-state index contributed by atoms with van der Waals surface area (Å²) in [4.78, 5) is 18.9. The van der Waals surface area contributed by atoms with E-state index < -0.39 is 0 Å². The van der Waals surface area contributed by atoms with E-state index >= 15 is 0 Å². The molecule has 1 fully saturated rings. The van der Waals surface area contributed by atoms with E-state index in [1.54, 1.807) is 4.68 Å². The maximum absolute atomic E-state index is 12.3. The molecule has 0 spiro atoms. The summed E-state index contributed by atoms with van der Waals surface area (Å²) < 4.78 is 1.78. The zero-order chi connectivity index (χ0) is 19.8. The Kier molecular flexibility index (Phi) is 9.43. The SMILES string of the molecule is CCNC(=NCc1cnn(C)c1)NCC1CC(=O)N(CCc2ccccc2)C1.I. The van der Waals surface area contributed by atoms with Gasteiger partial charge >= 0.3 is 0 Å². The molecule has 1 aliphatic rings. The first-order valence-electron chi connectivity index (χ1n) is 9.95. The molecule has 1 atom stereocenters. The fourth-order valence-corrected chi connectivity index (χ4v) is 3.42. The number of hydrogen-bond donors (Lipinski definition) is 2. The molecule has 0 radical (unpaired) electrons. The predicted molar refractivity (Wildman–Crippen MR) is 126 cm³/mol. The van der Waals surface area contributed by atoms with Gasteiger partial charge in [0.1, 0.15) is 0 Å². The van der Waals surface area contributed by atoms with E-state index in [4.69, 9.17) is 0 Å². The summed E-state index contributed by atoms with van der Waals surface area (Å²) in [5, 5.41) is 10.8. The number of carbonyl (C=O) groups excluding carboxylic acids is 1. The molecule has 8 heteroatoms. The normalized spacial score (nSPS) is 16.6. The molecule has 1 aromatic heterocycles. The summed E-state index contributed by atoms with van der Waals surface area (Å²) in [5.74, 6) is 1.34. The number of amides is 1. The van der Waals surface area contributed by atoms with Crippen LogP contribution in [0.5, 0.6) is 0 Å². The van der Waals surface area contributed by atoms with Crippen molar-refractivity contribution in [2.75, 3.05) is 26.2 Å². The van der Waals surface area contributed by atoms with E-state index in [1.807, 2.05) is 49.5 Å². The van der Waals surface area contributed by atoms with Gasteiger partial charge in [-0.15, -0.1) is 24.0 Å². The van der Waals surface area contributed by atoms with Crippen molar-refractivity contribution in [3.8, 4) is 0 Å². The smallest absolute Gasteiger partial charge is 0.223 e.